The lowest BCUT2D eigenvalue weighted by atomic mass is 9.91. The summed E-state index contributed by atoms with van der Waals surface area (Å²) in [6, 6.07) is 12.1. The number of carbonyl (C=O) groups is 1. The van der Waals surface area contributed by atoms with Crippen molar-refractivity contribution in [1.29, 1.82) is 0 Å². The fourth-order valence-electron chi connectivity index (χ4n) is 3.16. The molecule has 2 aromatic rings. The van der Waals surface area contributed by atoms with E-state index in [0.717, 1.165) is 24.3 Å². The van der Waals surface area contributed by atoms with E-state index in [-0.39, 0.29) is 5.91 Å². The smallest absolute Gasteiger partial charge is 0.265 e. The summed E-state index contributed by atoms with van der Waals surface area (Å²) in [5.41, 5.74) is 5.83. The number of hydrogen-bond acceptors (Lipinski definition) is 2. The van der Waals surface area contributed by atoms with Gasteiger partial charge in [0.1, 0.15) is 5.75 Å². The monoisotopic (exact) mass is 323 g/mol. The highest BCUT2D eigenvalue weighted by atomic mass is 16.5. The topological polar surface area (TPSA) is 38.3 Å². The Balaban J connectivity index is 1.69. The molecule has 126 valence electrons. The van der Waals surface area contributed by atoms with E-state index in [4.69, 9.17) is 4.74 Å². The van der Waals surface area contributed by atoms with Crippen LogP contribution >= 0.6 is 0 Å². The first-order valence-corrected chi connectivity index (χ1v) is 8.70. The largest absolute Gasteiger partial charge is 0.481 e. The molecule has 0 aliphatic heterocycles. The highest BCUT2D eigenvalue weighted by Crippen LogP contribution is 2.30. The van der Waals surface area contributed by atoms with Crippen molar-refractivity contribution in [3.05, 3.63) is 58.7 Å². The molecule has 3 rings (SSSR count). The van der Waals surface area contributed by atoms with Crippen molar-refractivity contribution in [3.8, 4) is 5.75 Å². The second-order valence-electron chi connectivity index (χ2n) is 6.65. The number of fused-ring (bicyclic) bond motifs is 1. The van der Waals surface area contributed by atoms with Crippen LogP contribution in [0, 0.1) is 13.8 Å². The first-order chi connectivity index (χ1) is 11.5. The van der Waals surface area contributed by atoms with Gasteiger partial charge < -0.3 is 10.1 Å². The summed E-state index contributed by atoms with van der Waals surface area (Å²) in [6.45, 7) is 5.91. The number of aryl methyl sites for hydroxylation is 3. The van der Waals surface area contributed by atoms with E-state index in [9.17, 15) is 4.79 Å². The third-order valence-electron chi connectivity index (χ3n) is 4.80. The Morgan fingerprint density at radius 1 is 1.08 bits per heavy atom. The molecule has 24 heavy (non-hydrogen) atoms. The van der Waals surface area contributed by atoms with Crippen molar-refractivity contribution in [2.45, 2.75) is 52.6 Å². The minimum Gasteiger partial charge on any atom is -0.481 e. The number of carbonyl (C=O) groups excluding carboxylic acids is 1. The lowest BCUT2D eigenvalue weighted by Crippen LogP contribution is -2.30. The lowest BCUT2D eigenvalue weighted by Gasteiger charge is -2.22. The third kappa shape index (κ3) is 3.61. The van der Waals surface area contributed by atoms with Crippen LogP contribution in [0.5, 0.6) is 5.75 Å². The van der Waals surface area contributed by atoms with Crippen molar-refractivity contribution in [3.63, 3.8) is 0 Å². The van der Waals surface area contributed by atoms with Crippen LogP contribution in [0.1, 0.15) is 42.0 Å². The maximum Gasteiger partial charge on any atom is 0.265 e. The molecule has 0 fully saturated rings. The minimum absolute atomic E-state index is 0.119. The summed E-state index contributed by atoms with van der Waals surface area (Å²) < 4.78 is 5.99. The Kier molecular flexibility index (Phi) is 4.89. The molecule has 1 aliphatic carbocycles. The number of rotatable bonds is 4. The van der Waals surface area contributed by atoms with Crippen LogP contribution in [-0.2, 0) is 17.6 Å². The molecule has 0 radical (unpaired) electrons. The Morgan fingerprint density at radius 3 is 2.67 bits per heavy atom. The maximum atomic E-state index is 12.4. The van der Waals surface area contributed by atoms with Gasteiger partial charge >= 0.3 is 0 Å². The molecule has 0 saturated heterocycles. The van der Waals surface area contributed by atoms with Gasteiger partial charge in [0.25, 0.3) is 5.91 Å². The number of anilines is 1. The van der Waals surface area contributed by atoms with E-state index in [1.807, 2.05) is 37.3 Å². The van der Waals surface area contributed by atoms with Crippen LogP contribution in [0.4, 0.5) is 5.69 Å². The average Bonchev–Trinajstić information content (AvgIpc) is 2.58. The van der Waals surface area contributed by atoms with Crippen LogP contribution in [0.15, 0.2) is 36.4 Å². The molecule has 0 saturated carbocycles. The fraction of sp³-hybridized carbons (Fsp3) is 0.381. The molecule has 0 heterocycles. The van der Waals surface area contributed by atoms with E-state index in [1.54, 1.807) is 6.92 Å². The molecule has 0 spiro atoms. The first-order valence-electron chi connectivity index (χ1n) is 8.70. The van der Waals surface area contributed by atoms with Gasteiger partial charge in [-0.15, -0.1) is 0 Å². The summed E-state index contributed by atoms with van der Waals surface area (Å²) in [5, 5.41) is 2.95. The number of amides is 1. The van der Waals surface area contributed by atoms with Gasteiger partial charge in [-0.3, -0.25) is 4.79 Å². The van der Waals surface area contributed by atoms with Crippen LogP contribution < -0.4 is 10.1 Å². The lowest BCUT2D eigenvalue weighted by molar-refractivity contribution is -0.122. The van der Waals surface area contributed by atoms with Gasteiger partial charge in [-0.1, -0.05) is 18.2 Å². The average molecular weight is 323 g/mol. The quantitative estimate of drug-likeness (QED) is 0.894. The van der Waals surface area contributed by atoms with Gasteiger partial charge in [0, 0.05) is 5.69 Å². The number of hydrogen-bond donors (Lipinski definition) is 1. The molecule has 0 aromatic heterocycles. The van der Waals surface area contributed by atoms with Crippen molar-refractivity contribution in [2.75, 3.05) is 5.32 Å². The van der Waals surface area contributed by atoms with Gasteiger partial charge in [-0.05, 0) is 86.9 Å². The number of nitrogens with one attached hydrogen (secondary N) is 1. The summed E-state index contributed by atoms with van der Waals surface area (Å²) in [6.07, 6.45) is 4.04. The summed E-state index contributed by atoms with van der Waals surface area (Å²) in [5.74, 6) is 0.738. The van der Waals surface area contributed by atoms with Crippen LogP contribution in [-0.4, -0.2) is 12.0 Å². The summed E-state index contributed by atoms with van der Waals surface area (Å²) in [4.78, 5) is 12.4. The molecular formula is C21H25NO2. The van der Waals surface area contributed by atoms with E-state index >= 15 is 0 Å². The molecule has 3 heteroatoms. The molecule has 1 atom stereocenters. The van der Waals surface area contributed by atoms with Gasteiger partial charge in [-0.25, -0.2) is 0 Å². The van der Waals surface area contributed by atoms with E-state index in [2.05, 4.69) is 18.3 Å². The Labute approximate surface area is 144 Å². The Hall–Kier alpha value is -2.29. The van der Waals surface area contributed by atoms with Crippen LogP contribution in [0.25, 0.3) is 0 Å². The van der Waals surface area contributed by atoms with Gasteiger partial charge in [0.2, 0.25) is 0 Å². The molecule has 1 N–H and O–H groups in total. The molecule has 0 bridgehead atoms. The SMILES string of the molecule is Cc1ccc(NC(=O)[C@H](C)Oc2cccc3c2CCCC3)cc1C. The van der Waals surface area contributed by atoms with Crippen molar-refractivity contribution in [1.82, 2.24) is 0 Å². The Bertz CT molecular complexity index is 751. The normalized spacial score (nSPS) is 14.6. The van der Waals surface area contributed by atoms with Crippen molar-refractivity contribution in [2.24, 2.45) is 0 Å². The zero-order chi connectivity index (χ0) is 17.1. The molecular weight excluding hydrogens is 298 g/mol. The van der Waals surface area contributed by atoms with E-state index in [0.29, 0.717) is 0 Å². The van der Waals surface area contributed by atoms with Crippen molar-refractivity contribution < 1.29 is 9.53 Å². The van der Waals surface area contributed by atoms with E-state index < -0.39 is 6.10 Å². The molecule has 0 unspecified atom stereocenters. The van der Waals surface area contributed by atoms with Gasteiger partial charge in [-0.2, -0.15) is 0 Å². The predicted octanol–water partition coefficient (Wildman–Crippen LogP) is 4.59. The second kappa shape index (κ2) is 7.08. The highest BCUT2D eigenvalue weighted by molar-refractivity contribution is 5.94. The van der Waals surface area contributed by atoms with Gasteiger partial charge in [0.15, 0.2) is 6.10 Å². The first kappa shape index (κ1) is 16.6. The van der Waals surface area contributed by atoms with E-state index in [1.165, 1.54) is 35.1 Å². The summed E-state index contributed by atoms with van der Waals surface area (Å²) in [7, 11) is 0. The van der Waals surface area contributed by atoms with Crippen LogP contribution in [0.2, 0.25) is 0 Å². The summed E-state index contributed by atoms with van der Waals surface area (Å²) >= 11 is 0. The maximum absolute atomic E-state index is 12.4. The Morgan fingerprint density at radius 2 is 1.88 bits per heavy atom. The predicted molar refractivity (Wildman–Crippen MR) is 97.7 cm³/mol. The zero-order valence-electron chi connectivity index (χ0n) is 14.7. The molecule has 1 amide bonds. The van der Waals surface area contributed by atoms with Gasteiger partial charge in [0.05, 0.1) is 0 Å². The standard InChI is InChI=1S/C21H25NO2/c1-14-11-12-18(13-15(14)2)22-21(23)16(3)24-20-10-6-8-17-7-4-5-9-19(17)20/h6,8,10-13,16H,4-5,7,9H2,1-3H3,(H,22,23)/t16-/m0/s1. The fourth-order valence-corrected chi connectivity index (χ4v) is 3.16. The zero-order valence-corrected chi connectivity index (χ0v) is 14.7. The molecule has 1 aliphatic rings. The molecule has 2 aromatic carbocycles. The highest BCUT2D eigenvalue weighted by Gasteiger charge is 2.19. The van der Waals surface area contributed by atoms with Crippen molar-refractivity contribution >= 4 is 11.6 Å². The van der Waals surface area contributed by atoms with Crippen LogP contribution in [0.3, 0.4) is 0 Å². The minimum atomic E-state index is -0.528. The number of ether oxygens (including phenoxy) is 1. The third-order valence-corrected chi connectivity index (χ3v) is 4.80. The second-order valence-corrected chi connectivity index (χ2v) is 6.65. The number of benzene rings is 2. The molecule has 3 nitrogen and oxygen atoms in total.